The number of amides is 1. The number of fused-ring (bicyclic) bond motifs is 1. The molecule has 0 aliphatic carbocycles. The fourth-order valence-electron chi connectivity index (χ4n) is 3.62. The lowest BCUT2D eigenvalue weighted by atomic mass is 10.0. The van der Waals surface area contributed by atoms with Crippen molar-refractivity contribution in [1.82, 2.24) is 14.8 Å². The van der Waals surface area contributed by atoms with Gasteiger partial charge >= 0.3 is 0 Å². The van der Waals surface area contributed by atoms with Crippen LogP contribution >= 0.6 is 0 Å². The Hall–Kier alpha value is -4.33. The summed E-state index contributed by atoms with van der Waals surface area (Å²) in [6.07, 6.45) is 1.98. The van der Waals surface area contributed by atoms with Crippen LogP contribution in [-0.4, -0.2) is 20.7 Å². The molecule has 0 bridgehead atoms. The van der Waals surface area contributed by atoms with E-state index in [-0.39, 0.29) is 23.4 Å². The molecular weight excluding hydrogens is 424 g/mol. The lowest BCUT2D eigenvalue weighted by molar-refractivity contribution is 0.102. The minimum absolute atomic E-state index is 0.0949. The quantitative estimate of drug-likeness (QED) is 0.456. The molecule has 1 unspecified atom stereocenters. The maximum absolute atomic E-state index is 13.5. The molecule has 0 fully saturated rings. The number of carbonyl (C=O) groups is 1. The van der Waals surface area contributed by atoms with E-state index in [2.05, 4.69) is 20.7 Å². The standard InChI is InChI=1S/C25H19F2N5O/c1-15-2-4-16(5-3-15)21-14-22(17-6-10-19(26)11-7-17)32-25(28-21)30-24(31-32)29-23(33)18-8-12-20(27)13-9-18/h2-14,22H,1H3,(H2,28,29,30,31,33). The average Bonchev–Trinajstić information content (AvgIpc) is 3.22. The molecule has 1 aliphatic rings. The molecule has 0 spiro atoms. The third-order valence-electron chi connectivity index (χ3n) is 5.37. The van der Waals surface area contributed by atoms with Crippen LogP contribution in [0.4, 0.5) is 20.7 Å². The van der Waals surface area contributed by atoms with Crippen LogP contribution in [0, 0.1) is 18.6 Å². The number of carbonyl (C=O) groups excluding carboxylic acids is 1. The third kappa shape index (κ3) is 4.23. The number of allylic oxidation sites excluding steroid dienone is 1. The number of nitrogens with one attached hydrogen (secondary N) is 2. The molecule has 33 heavy (non-hydrogen) atoms. The van der Waals surface area contributed by atoms with Crippen molar-refractivity contribution in [3.63, 3.8) is 0 Å². The molecule has 4 aromatic rings. The lowest BCUT2D eigenvalue weighted by Crippen LogP contribution is -2.20. The van der Waals surface area contributed by atoms with Gasteiger partial charge in [-0.15, -0.1) is 5.10 Å². The van der Waals surface area contributed by atoms with Gasteiger partial charge < -0.3 is 5.32 Å². The highest BCUT2D eigenvalue weighted by Crippen LogP contribution is 2.33. The largest absolute Gasteiger partial charge is 0.324 e. The van der Waals surface area contributed by atoms with Gasteiger partial charge in [0.2, 0.25) is 5.95 Å². The summed E-state index contributed by atoms with van der Waals surface area (Å²) in [5.41, 5.74) is 4.01. The molecule has 164 valence electrons. The number of nitrogens with zero attached hydrogens (tertiary/aromatic N) is 3. The van der Waals surface area contributed by atoms with E-state index in [1.54, 1.807) is 16.8 Å². The van der Waals surface area contributed by atoms with Crippen molar-refractivity contribution >= 4 is 23.5 Å². The maximum atomic E-state index is 13.5. The smallest absolute Gasteiger partial charge is 0.258 e. The number of aromatic nitrogens is 3. The van der Waals surface area contributed by atoms with E-state index in [1.807, 2.05) is 37.3 Å². The van der Waals surface area contributed by atoms with Crippen molar-refractivity contribution in [3.8, 4) is 0 Å². The van der Waals surface area contributed by atoms with Crippen molar-refractivity contribution in [2.24, 2.45) is 0 Å². The number of hydrogen-bond acceptors (Lipinski definition) is 4. The van der Waals surface area contributed by atoms with E-state index in [4.69, 9.17) is 0 Å². The van der Waals surface area contributed by atoms with Crippen LogP contribution in [0.25, 0.3) is 5.70 Å². The number of hydrogen-bond donors (Lipinski definition) is 2. The third-order valence-corrected chi connectivity index (χ3v) is 5.37. The molecule has 8 heteroatoms. The first-order valence-corrected chi connectivity index (χ1v) is 10.3. The van der Waals surface area contributed by atoms with Crippen molar-refractivity contribution in [3.05, 3.63) is 113 Å². The lowest BCUT2D eigenvalue weighted by Gasteiger charge is -2.24. The number of benzene rings is 3. The van der Waals surface area contributed by atoms with Gasteiger partial charge in [0.1, 0.15) is 17.7 Å². The molecule has 5 rings (SSSR count). The predicted octanol–water partition coefficient (Wildman–Crippen LogP) is 5.17. The van der Waals surface area contributed by atoms with E-state index >= 15 is 0 Å². The molecule has 0 saturated carbocycles. The summed E-state index contributed by atoms with van der Waals surface area (Å²) < 4.78 is 28.3. The van der Waals surface area contributed by atoms with Crippen molar-refractivity contribution in [2.75, 3.05) is 10.6 Å². The van der Waals surface area contributed by atoms with Crippen molar-refractivity contribution in [1.29, 1.82) is 0 Å². The molecule has 0 radical (unpaired) electrons. The topological polar surface area (TPSA) is 71.8 Å². The molecule has 1 aromatic heterocycles. The molecule has 2 N–H and O–H groups in total. The number of rotatable bonds is 4. The zero-order valence-corrected chi connectivity index (χ0v) is 17.6. The van der Waals surface area contributed by atoms with Crippen LogP contribution in [0.3, 0.4) is 0 Å². The molecule has 2 heterocycles. The molecule has 1 aliphatic heterocycles. The van der Waals surface area contributed by atoms with E-state index < -0.39 is 11.7 Å². The summed E-state index contributed by atoms with van der Waals surface area (Å²) in [6, 6.07) is 19.0. The predicted molar refractivity (Wildman–Crippen MR) is 122 cm³/mol. The highest BCUT2D eigenvalue weighted by Gasteiger charge is 2.26. The van der Waals surface area contributed by atoms with Crippen LogP contribution in [0.2, 0.25) is 0 Å². The molecule has 0 saturated heterocycles. The Labute approximate surface area is 188 Å². The van der Waals surface area contributed by atoms with Gasteiger partial charge in [0.05, 0.1) is 0 Å². The first-order valence-electron chi connectivity index (χ1n) is 10.3. The summed E-state index contributed by atoms with van der Waals surface area (Å²) in [5.74, 6) is -0.693. The summed E-state index contributed by atoms with van der Waals surface area (Å²) in [7, 11) is 0. The second kappa shape index (κ2) is 8.31. The van der Waals surface area contributed by atoms with E-state index in [1.165, 1.54) is 36.4 Å². The van der Waals surface area contributed by atoms with Crippen LogP contribution in [0.5, 0.6) is 0 Å². The van der Waals surface area contributed by atoms with Gasteiger partial charge in [-0.2, -0.15) is 4.98 Å². The van der Waals surface area contributed by atoms with Crippen LogP contribution < -0.4 is 10.6 Å². The Kier molecular flexibility index (Phi) is 5.18. The van der Waals surface area contributed by atoms with E-state index in [0.717, 1.165) is 22.4 Å². The van der Waals surface area contributed by atoms with Crippen LogP contribution in [0.15, 0.2) is 78.9 Å². The summed E-state index contributed by atoms with van der Waals surface area (Å²) in [5, 5.41) is 10.4. The van der Waals surface area contributed by atoms with Gasteiger partial charge in [-0.25, -0.2) is 13.5 Å². The van der Waals surface area contributed by atoms with Crippen LogP contribution in [0.1, 0.15) is 33.1 Å². The van der Waals surface area contributed by atoms with Crippen molar-refractivity contribution < 1.29 is 13.6 Å². The number of anilines is 2. The van der Waals surface area contributed by atoms with Gasteiger partial charge in [-0.1, -0.05) is 42.0 Å². The molecular formula is C25H19F2N5O. The Morgan fingerprint density at radius 2 is 1.58 bits per heavy atom. The van der Waals surface area contributed by atoms with E-state index in [0.29, 0.717) is 5.95 Å². The fourth-order valence-corrected chi connectivity index (χ4v) is 3.62. The molecule has 1 amide bonds. The normalized spacial score (nSPS) is 14.8. The average molecular weight is 443 g/mol. The molecule has 6 nitrogen and oxygen atoms in total. The minimum atomic E-state index is -0.456. The Bertz CT molecular complexity index is 1340. The summed E-state index contributed by atoms with van der Waals surface area (Å²) >= 11 is 0. The molecule has 3 aromatic carbocycles. The highest BCUT2D eigenvalue weighted by atomic mass is 19.1. The van der Waals surface area contributed by atoms with Gasteiger partial charge in [-0.3, -0.25) is 10.1 Å². The highest BCUT2D eigenvalue weighted by molar-refractivity contribution is 6.03. The zero-order chi connectivity index (χ0) is 22.9. The zero-order valence-electron chi connectivity index (χ0n) is 17.6. The Balaban J connectivity index is 1.50. The van der Waals surface area contributed by atoms with Crippen LogP contribution in [-0.2, 0) is 0 Å². The van der Waals surface area contributed by atoms with Gasteiger partial charge in [0.15, 0.2) is 0 Å². The Morgan fingerprint density at radius 3 is 2.24 bits per heavy atom. The van der Waals surface area contributed by atoms with Gasteiger partial charge in [0, 0.05) is 11.3 Å². The second-order valence-electron chi connectivity index (χ2n) is 7.73. The van der Waals surface area contributed by atoms with Gasteiger partial charge in [-0.05, 0) is 60.5 Å². The van der Waals surface area contributed by atoms with Crippen molar-refractivity contribution in [2.45, 2.75) is 13.0 Å². The summed E-state index contributed by atoms with van der Waals surface area (Å²) in [6.45, 7) is 2.01. The first kappa shape index (κ1) is 20.6. The number of halogens is 2. The van der Waals surface area contributed by atoms with Gasteiger partial charge in [0.25, 0.3) is 11.9 Å². The maximum Gasteiger partial charge on any atom is 0.258 e. The second-order valence-corrected chi connectivity index (χ2v) is 7.73. The Morgan fingerprint density at radius 1 is 0.939 bits per heavy atom. The first-order chi connectivity index (χ1) is 16.0. The SMILES string of the molecule is Cc1ccc(C2=CC(c3ccc(F)cc3)n3nc(NC(=O)c4ccc(F)cc4)nc3N2)cc1. The summed E-state index contributed by atoms with van der Waals surface area (Å²) in [4.78, 5) is 17.0. The van der Waals surface area contributed by atoms with E-state index in [9.17, 15) is 13.6 Å². The monoisotopic (exact) mass is 443 g/mol. The fraction of sp³-hybridized carbons (Fsp3) is 0.0800. The molecule has 1 atom stereocenters. The number of aryl methyl sites for hydroxylation is 1. The minimum Gasteiger partial charge on any atom is -0.324 e.